The molecule has 672 valence electrons. The molecule has 28 rings (SSSR count). The summed E-state index contributed by atoms with van der Waals surface area (Å²) in [6.45, 7) is 24.0. The van der Waals surface area contributed by atoms with Crippen molar-refractivity contribution in [1.82, 2.24) is 0 Å². The maximum Gasteiger partial charge on any atom is 0.0469 e. The number of aryl methyl sites for hydroxylation is 2. The molecule has 2 fully saturated rings. The summed E-state index contributed by atoms with van der Waals surface area (Å²) in [5.74, 6) is 0. The summed E-state index contributed by atoms with van der Waals surface area (Å²) in [6.07, 6.45) is 23.0. The number of benzene rings is 16. The largest absolute Gasteiger partial charge is 0.0776 e. The Morgan fingerprint density at radius 1 is 0.135 bits per heavy atom. The van der Waals surface area contributed by atoms with Crippen LogP contribution < -0.4 is 0 Å². The summed E-state index contributed by atoms with van der Waals surface area (Å²) in [5, 5.41) is 0. The molecule has 16 aromatic rings. The van der Waals surface area contributed by atoms with E-state index in [1.54, 1.807) is 22.3 Å². The van der Waals surface area contributed by atoms with E-state index in [2.05, 4.69) is 388 Å². The average Bonchev–Trinajstić information content (AvgIpc) is 1.51. The van der Waals surface area contributed by atoms with Crippen molar-refractivity contribution in [3.63, 3.8) is 0 Å². The Morgan fingerprint density at radius 2 is 0.278 bits per heavy atom. The van der Waals surface area contributed by atoms with Crippen molar-refractivity contribution in [3.8, 4) is 66.8 Å². The Hall–Kier alpha value is -12.5. The predicted octanol–water partition coefficient (Wildman–Crippen LogP) is 36.0. The zero-order valence-corrected chi connectivity index (χ0v) is 80.7. The monoisotopic (exact) mass is 1740 g/mol. The van der Waals surface area contributed by atoms with Crippen LogP contribution in [0.25, 0.3) is 66.8 Å². The average molecular weight is 1740 g/mol. The number of rotatable bonds is 0. The molecule has 6 spiro atoms. The van der Waals surface area contributed by atoms with Crippen molar-refractivity contribution in [2.24, 2.45) is 0 Å². The normalized spacial score (nSPS) is 16.0. The van der Waals surface area contributed by atoms with Gasteiger partial charge in [0.15, 0.2) is 0 Å². The van der Waals surface area contributed by atoms with Crippen molar-refractivity contribution in [1.29, 1.82) is 0 Å². The zero-order chi connectivity index (χ0) is 91.5. The van der Waals surface area contributed by atoms with Crippen LogP contribution in [0.5, 0.6) is 0 Å². The van der Waals surface area contributed by atoms with Crippen LogP contribution in [0, 0.1) is 0 Å². The molecule has 0 heterocycles. The molecule has 0 N–H and O–H groups in total. The third-order valence-electron chi connectivity index (χ3n) is 30.9. The van der Waals surface area contributed by atoms with E-state index in [0.717, 1.165) is 25.7 Å². The molecular formula is C133H140. The van der Waals surface area contributed by atoms with Gasteiger partial charge in [-0.25, -0.2) is 0 Å². The topological polar surface area (TPSA) is 0 Å². The minimum Gasteiger partial charge on any atom is -0.0776 e. The molecule has 0 heteroatoms. The van der Waals surface area contributed by atoms with Gasteiger partial charge in [-0.05, 0) is 255 Å². The summed E-state index contributed by atoms with van der Waals surface area (Å²) >= 11 is 0. The van der Waals surface area contributed by atoms with E-state index in [9.17, 15) is 0 Å². The molecule has 0 aromatic heterocycles. The summed E-state index contributed by atoms with van der Waals surface area (Å²) in [5.41, 5.74) is 49.1. The highest BCUT2D eigenvalue weighted by atomic mass is 14.6. The Balaban J connectivity index is 0.000000114. The summed E-state index contributed by atoms with van der Waals surface area (Å²) in [6, 6.07) is 144. The summed E-state index contributed by atoms with van der Waals surface area (Å²) in [4.78, 5) is 0. The lowest BCUT2D eigenvalue weighted by molar-refractivity contribution is 0.353. The van der Waals surface area contributed by atoms with Crippen LogP contribution in [0.2, 0.25) is 0 Å². The maximum absolute atomic E-state index is 2.36. The third-order valence-corrected chi connectivity index (χ3v) is 30.9. The molecule has 0 bridgehead atoms. The first-order valence-corrected chi connectivity index (χ1v) is 50.9. The minimum absolute atomic E-state index is 0. The molecule has 133 heavy (non-hydrogen) atoms. The molecule has 0 nitrogen and oxygen atoms in total. The van der Waals surface area contributed by atoms with Crippen LogP contribution in [0.4, 0.5) is 0 Å². The summed E-state index contributed by atoms with van der Waals surface area (Å²) < 4.78 is 0. The van der Waals surface area contributed by atoms with Gasteiger partial charge in [0.25, 0.3) is 0 Å². The predicted molar refractivity (Wildman–Crippen MR) is 572 cm³/mol. The van der Waals surface area contributed by atoms with E-state index in [1.807, 2.05) is 83.1 Å². The Labute approximate surface area is 799 Å². The van der Waals surface area contributed by atoms with Gasteiger partial charge in [-0.15, -0.1) is 0 Å². The van der Waals surface area contributed by atoms with Crippen molar-refractivity contribution < 1.29 is 0 Å². The third kappa shape index (κ3) is 15.8. The van der Waals surface area contributed by atoms with Gasteiger partial charge >= 0.3 is 0 Å². The van der Waals surface area contributed by atoms with Crippen LogP contribution in [-0.2, 0) is 71.0 Å². The maximum atomic E-state index is 2.36. The first-order valence-electron chi connectivity index (χ1n) is 50.9. The fourth-order valence-corrected chi connectivity index (χ4v) is 26.0. The highest BCUT2D eigenvalue weighted by Gasteiger charge is 2.53. The molecule has 0 amide bonds. The van der Waals surface area contributed by atoms with Crippen LogP contribution in [-0.4, -0.2) is 0 Å². The van der Waals surface area contributed by atoms with Gasteiger partial charge in [0, 0.05) is 32.5 Å². The fraction of sp³-hybridized carbons (Fsp3) is 0.278. The van der Waals surface area contributed by atoms with Gasteiger partial charge in [-0.1, -0.05) is 517 Å². The number of hydrogen-bond acceptors (Lipinski definition) is 0. The van der Waals surface area contributed by atoms with E-state index in [1.165, 1.54) is 246 Å². The van der Waals surface area contributed by atoms with Gasteiger partial charge in [0.2, 0.25) is 0 Å². The van der Waals surface area contributed by atoms with Crippen molar-refractivity contribution in [2.45, 2.75) is 239 Å². The van der Waals surface area contributed by atoms with Gasteiger partial charge in [-0.3, -0.25) is 0 Å². The second-order valence-corrected chi connectivity index (χ2v) is 36.4. The second-order valence-electron chi connectivity index (χ2n) is 36.4. The first-order chi connectivity index (χ1) is 65.4. The minimum atomic E-state index is 0. The standard InChI is InChI=1S/4C21H16.2C18H18.6C2H6.CH4/c2*1-4-10-18-15(7-1)13-14-21(18)19-11-5-2-8-16(19)17-9-3-6-12-20(17)21;2*1-2-8-16-14-21(13-15(16)7-1)19-11-5-3-9-17(19)18-10-4-6-12-20(18)21;2*1-6-12-18(13-7-1)16-10-4-2-8-14(16)15-9-3-5-11-17(15)18;6*1-2;/h4*1-12H,13-14H2;2*2-5,8-11H,1,6-7,12-13H2;6*1-2H3;1H4. The zero-order valence-electron chi connectivity index (χ0n) is 80.7. The molecule has 16 aromatic carbocycles. The smallest absolute Gasteiger partial charge is 0.0469 e. The van der Waals surface area contributed by atoms with E-state index in [-0.39, 0.29) is 29.1 Å². The van der Waals surface area contributed by atoms with Crippen molar-refractivity contribution >= 4 is 0 Å². The number of fused-ring (bicyclic) bond motifs is 36. The second kappa shape index (κ2) is 41.3. The molecule has 0 aliphatic heterocycles. The lowest BCUT2D eigenvalue weighted by Crippen LogP contribution is -2.27. The van der Waals surface area contributed by atoms with Crippen LogP contribution in [0.3, 0.4) is 0 Å². The Kier molecular flexibility index (Phi) is 29.1. The van der Waals surface area contributed by atoms with E-state index in [0.29, 0.717) is 10.8 Å². The van der Waals surface area contributed by atoms with Gasteiger partial charge in [0.05, 0.1) is 0 Å². The molecule has 2 saturated carbocycles. The van der Waals surface area contributed by atoms with Gasteiger partial charge < -0.3 is 0 Å². The lowest BCUT2D eigenvalue weighted by Gasteiger charge is -2.35. The van der Waals surface area contributed by atoms with Crippen LogP contribution >= 0.6 is 0 Å². The van der Waals surface area contributed by atoms with E-state index >= 15 is 0 Å². The van der Waals surface area contributed by atoms with E-state index in [4.69, 9.17) is 0 Å². The molecule has 12 aliphatic carbocycles. The molecule has 12 aliphatic rings. The van der Waals surface area contributed by atoms with Crippen LogP contribution in [0.1, 0.15) is 279 Å². The Bertz CT molecular complexity index is 5940. The van der Waals surface area contributed by atoms with Crippen molar-refractivity contribution in [2.75, 3.05) is 0 Å². The molecule has 0 unspecified atom stereocenters. The molecule has 0 saturated heterocycles. The molecule has 0 radical (unpaired) electrons. The SMILES string of the molecule is C.CC.CC.CC.CC.CC.CC.c1ccc2c(c1)-c1ccccc1C21CCCCC1.c1ccc2c(c1)-c1ccccc1C21CCCCC1.c1ccc2c(c1)CC1(C2)c2ccccc2-c2ccccc21.c1ccc2c(c1)CC1(C2)c2ccccc2-c2ccccc21.c1ccc2c(c1)CCC21c2ccccc2-c2ccccc21.c1ccc2c(c1)CCC21c2ccccc2-c2ccccc21. The first kappa shape index (κ1) is 93.7. The fourth-order valence-electron chi connectivity index (χ4n) is 26.0. The van der Waals surface area contributed by atoms with Gasteiger partial charge in [-0.2, -0.15) is 0 Å². The highest BCUT2D eigenvalue weighted by Crippen LogP contribution is 2.63. The van der Waals surface area contributed by atoms with Gasteiger partial charge in [0.1, 0.15) is 0 Å². The lowest BCUT2D eigenvalue weighted by atomic mass is 9.68. The summed E-state index contributed by atoms with van der Waals surface area (Å²) in [7, 11) is 0. The molecular weight excluding hydrogens is 1600 g/mol. The van der Waals surface area contributed by atoms with Crippen molar-refractivity contribution in [3.05, 3.63) is 500 Å². The highest BCUT2D eigenvalue weighted by molar-refractivity contribution is 5.89. The quantitative estimate of drug-likeness (QED) is 0.142. The van der Waals surface area contributed by atoms with Crippen LogP contribution in [0.15, 0.2) is 388 Å². The molecule has 0 atom stereocenters. The number of hydrogen-bond donors (Lipinski definition) is 0. The van der Waals surface area contributed by atoms with E-state index < -0.39 is 0 Å². The Morgan fingerprint density at radius 3 is 0.474 bits per heavy atom.